The highest BCUT2D eigenvalue weighted by atomic mass is 19.1. The van der Waals surface area contributed by atoms with Crippen molar-refractivity contribution in [1.82, 2.24) is 29.3 Å². The predicted octanol–water partition coefficient (Wildman–Crippen LogP) is 3.19. The molecule has 32 heavy (non-hydrogen) atoms. The van der Waals surface area contributed by atoms with Gasteiger partial charge in [-0.25, -0.2) is 18.9 Å². The molecule has 1 aliphatic heterocycles. The van der Waals surface area contributed by atoms with Crippen molar-refractivity contribution in [1.29, 1.82) is 0 Å². The summed E-state index contributed by atoms with van der Waals surface area (Å²) in [6.07, 6.45) is 12.1. The average molecular weight is 436 g/mol. The third-order valence-corrected chi connectivity index (χ3v) is 6.22. The van der Waals surface area contributed by atoms with Crippen LogP contribution in [0.5, 0.6) is 0 Å². The van der Waals surface area contributed by atoms with Crippen molar-refractivity contribution in [2.45, 2.75) is 51.5 Å². The van der Waals surface area contributed by atoms with Gasteiger partial charge in [-0.2, -0.15) is 5.10 Å². The van der Waals surface area contributed by atoms with Crippen molar-refractivity contribution >= 4 is 17.2 Å². The number of nitrogens with one attached hydrogen (secondary N) is 1. The highest BCUT2D eigenvalue weighted by molar-refractivity contribution is 5.91. The van der Waals surface area contributed by atoms with Crippen LogP contribution in [-0.2, 0) is 0 Å². The standard InChI is InChI=1S/C16H13FN6O.C7H13N/c1-8-3-12(21-23-5-9(2)19-15(8)23)10-4-11(17)16-20-13(14(18)24)7-22(16)6-10;1-2-6-8-7(3-1)4-5-7/h3-7H,1-2H3,(H2,18,24);8H,1-6H2. The Morgan fingerprint density at radius 1 is 1.09 bits per heavy atom. The van der Waals surface area contributed by atoms with E-state index >= 15 is 0 Å². The molecule has 1 amide bonds. The molecule has 9 heteroatoms. The second kappa shape index (κ2) is 7.67. The van der Waals surface area contributed by atoms with Gasteiger partial charge in [0.1, 0.15) is 5.69 Å². The fraction of sp³-hybridized carbons (Fsp3) is 0.391. The number of halogens is 1. The molecule has 4 aromatic rings. The first-order valence-corrected chi connectivity index (χ1v) is 10.9. The van der Waals surface area contributed by atoms with Gasteiger partial charge in [-0.3, -0.25) is 4.79 Å². The van der Waals surface area contributed by atoms with E-state index in [2.05, 4.69) is 20.4 Å². The molecule has 1 spiro atoms. The highest BCUT2D eigenvalue weighted by Crippen LogP contribution is 2.41. The molecule has 6 rings (SSSR count). The molecule has 5 heterocycles. The molecule has 0 atom stereocenters. The maximum Gasteiger partial charge on any atom is 0.268 e. The Morgan fingerprint density at radius 2 is 1.91 bits per heavy atom. The summed E-state index contributed by atoms with van der Waals surface area (Å²) in [5.74, 6) is -1.26. The van der Waals surface area contributed by atoms with E-state index in [1.54, 1.807) is 10.7 Å². The number of nitrogens with two attached hydrogens (primary N) is 1. The van der Waals surface area contributed by atoms with Gasteiger partial charge in [-0.15, -0.1) is 0 Å². The largest absolute Gasteiger partial charge is 0.364 e. The number of primary amides is 1. The number of hydrogen-bond donors (Lipinski definition) is 2. The van der Waals surface area contributed by atoms with Gasteiger partial charge in [0.25, 0.3) is 5.91 Å². The molecule has 3 N–H and O–H groups in total. The lowest BCUT2D eigenvalue weighted by Gasteiger charge is -2.22. The summed E-state index contributed by atoms with van der Waals surface area (Å²) in [5.41, 5.74) is 9.63. The van der Waals surface area contributed by atoms with Gasteiger partial charge in [-0.05, 0) is 63.8 Å². The molecular formula is C23H26FN7O. The first kappa shape index (κ1) is 20.6. The molecule has 1 aliphatic carbocycles. The molecule has 166 valence electrons. The number of amides is 1. The average Bonchev–Trinajstić information content (AvgIpc) is 3.18. The van der Waals surface area contributed by atoms with E-state index in [1.807, 2.05) is 26.1 Å². The summed E-state index contributed by atoms with van der Waals surface area (Å²) in [7, 11) is 0. The number of imidazole rings is 2. The van der Waals surface area contributed by atoms with Crippen LogP contribution in [-0.4, -0.2) is 42.0 Å². The normalized spacial score (nSPS) is 16.8. The molecule has 0 bridgehead atoms. The Bertz CT molecular complexity index is 1330. The summed E-state index contributed by atoms with van der Waals surface area (Å²) >= 11 is 0. The zero-order chi connectivity index (χ0) is 22.5. The van der Waals surface area contributed by atoms with Gasteiger partial charge in [0.15, 0.2) is 17.1 Å². The van der Waals surface area contributed by atoms with Crippen molar-refractivity contribution < 1.29 is 9.18 Å². The van der Waals surface area contributed by atoms with Crippen LogP contribution in [0.3, 0.4) is 0 Å². The Labute approximate surface area is 184 Å². The summed E-state index contributed by atoms with van der Waals surface area (Å²) < 4.78 is 17.5. The number of carbonyl (C=O) groups excluding carboxylic acids is 1. The maximum absolute atomic E-state index is 14.3. The maximum atomic E-state index is 14.3. The number of fused-ring (bicyclic) bond motifs is 2. The number of aromatic nitrogens is 5. The number of aryl methyl sites for hydroxylation is 2. The van der Waals surface area contributed by atoms with Crippen LogP contribution in [0.15, 0.2) is 30.7 Å². The predicted molar refractivity (Wildman–Crippen MR) is 119 cm³/mol. The van der Waals surface area contributed by atoms with Crippen LogP contribution < -0.4 is 11.1 Å². The molecule has 8 nitrogen and oxygen atoms in total. The zero-order valence-electron chi connectivity index (χ0n) is 18.2. The number of rotatable bonds is 2. The van der Waals surface area contributed by atoms with Gasteiger partial charge in [-0.1, -0.05) is 6.42 Å². The van der Waals surface area contributed by atoms with E-state index in [0.717, 1.165) is 16.9 Å². The Morgan fingerprint density at radius 3 is 2.56 bits per heavy atom. The van der Waals surface area contributed by atoms with Crippen LogP contribution >= 0.6 is 0 Å². The number of carbonyl (C=O) groups is 1. The minimum atomic E-state index is -0.705. The zero-order valence-corrected chi connectivity index (χ0v) is 18.2. The molecule has 0 aromatic carbocycles. The van der Waals surface area contributed by atoms with E-state index in [-0.39, 0.29) is 11.3 Å². The smallest absolute Gasteiger partial charge is 0.268 e. The summed E-state index contributed by atoms with van der Waals surface area (Å²) in [6.45, 7) is 5.08. The third-order valence-electron chi connectivity index (χ3n) is 6.22. The van der Waals surface area contributed by atoms with Crippen LogP contribution in [0, 0.1) is 19.7 Å². The van der Waals surface area contributed by atoms with Gasteiger partial charge >= 0.3 is 0 Å². The topological polar surface area (TPSA) is 103 Å². The number of pyridine rings is 1. The van der Waals surface area contributed by atoms with Crippen molar-refractivity contribution in [2.75, 3.05) is 6.54 Å². The second-order valence-corrected chi connectivity index (χ2v) is 8.83. The molecule has 2 fully saturated rings. The molecule has 4 aromatic heterocycles. The van der Waals surface area contributed by atoms with Crippen LogP contribution in [0.4, 0.5) is 4.39 Å². The van der Waals surface area contributed by atoms with E-state index in [1.165, 1.54) is 55.3 Å². The fourth-order valence-corrected chi connectivity index (χ4v) is 4.31. The Balaban J connectivity index is 0.000000225. The number of hydrogen-bond acceptors (Lipinski definition) is 5. The van der Waals surface area contributed by atoms with Gasteiger partial charge in [0, 0.05) is 23.5 Å². The SMILES string of the molecule is C1CCC2(CC2)NC1.Cc1cn2nc(-c3cc(F)c4nc(C(N)=O)cn4c3)cc(C)c2n1. The quantitative estimate of drug-likeness (QED) is 0.503. The molecule has 1 saturated carbocycles. The third kappa shape index (κ3) is 3.84. The lowest BCUT2D eigenvalue weighted by Crippen LogP contribution is -2.35. The van der Waals surface area contributed by atoms with Crippen molar-refractivity contribution in [3.05, 3.63) is 53.5 Å². The van der Waals surface area contributed by atoms with Crippen molar-refractivity contribution in [2.24, 2.45) is 5.73 Å². The first-order chi connectivity index (χ1) is 15.3. The highest BCUT2D eigenvalue weighted by Gasteiger charge is 2.42. The first-order valence-electron chi connectivity index (χ1n) is 10.9. The van der Waals surface area contributed by atoms with Crippen molar-refractivity contribution in [3.63, 3.8) is 0 Å². The van der Waals surface area contributed by atoms with Gasteiger partial charge in [0.05, 0.1) is 17.6 Å². The Hall–Kier alpha value is -3.33. The van der Waals surface area contributed by atoms with Crippen LogP contribution in [0.25, 0.3) is 22.6 Å². The lowest BCUT2D eigenvalue weighted by atomic mass is 10.0. The number of nitrogens with zero attached hydrogens (tertiary/aromatic N) is 5. The summed E-state index contributed by atoms with van der Waals surface area (Å²) in [4.78, 5) is 19.5. The van der Waals surface area contributed by atoms with E-state index in [0.29, 0.717) is 16.8 Å². The number of piperidine rings is 1. The Kier molecular flexibility index (Phi) is 4.93. The molecule has 0 unspecified atom stereocenters. The second-order valence-electron chi connectivity index (χ2n) is 8.83. The van der Waals surface area contributed by atoms with Crippen molar-refractivity contribution in [3.8, 4) is 11.3 Å². The summed E-state index contributed by atoms with van der Waals surface area (Å²) in [6, 6.07) is 3.18. The molecule has 1 saturated heterocycles. The minimum Gasteiger partial charge on any atom is -0.364 e. The lowest BCUT2D eigenvalue weighted by molar-refractivity contribution is 0.0996. The van der Waals surface area contributed by atoms with Crippen LogP contribution in [0.2, 0.25) is 0 Å². The van der Waals surface area contributed by atoms with E-state index in [4.69, 9.17) is 5.73 Å². The summed E-state index contributed by atoms with van der Waals surface area (Å²) in [5, 5.41) is 8.05. The van der Waals surface area contributed by atoms with Crippen LogP contribution in [0.1, 0.15) is 53.8 Å². The van der Waals surface area contributed by atoms with Gasteiger partial charge < -0.3 is 15.5 Å². The molecule has 0 radical (unpaired) electrons. The van der Waals surface area contributed by atoms with E-state index in [9.17, 15) is 9.18 Å². The van der Waals surface area contributed by atoms with E-state index < -0.39 is 11.7 Å². The minimum absolute atomic E-state index is 0.0101. The molecule has 2 aliphatic rings. The molecular weight excluding hydrogens is 409 g/mol. The van der Waals surface area contributed by atoms with Gasteiger partial charge in [0.2, 0.25) is 0 Å². The fourth-order valence-electron chi connectivity index (χ4n) is 4.31. The monoisotopic (exact) mass is 435 g/mol.